The van der Waals surface area contributed by atoms with E-state index >= 15 is 0 Å². The van der Waals surface area contributed by atoms with E-state index in [9.17, 15) is 4.79 Å². The highest BCUT2D eigenvalue weighted by atomic mass is 28.4. The van der Waals surface area contributed by atoms with Crippen molar-refractivity contribution >= 4 is 24.7 Å². The number of hydrogen-bond acceptors (Lipinski definition) is 2. The first-order valence-corrected chi connectivity index (χ1v) is 11.9. The van der Waals surface area contributed by atoms with Crippen molar-refractivity contribution in [3.63, 3.8) is 0 Å². The average molecular weight is 397 g/mol. The molecule has 2 rings (SSSR count). The van der Waals surface area contributed by atoms with E-state index in [4.69, 9.17) is 9.53 Å². The Balaban J connectivity index is 2.36. The molecule has 0 aromatic heterocycles. The van der Waals surface area contributed by atoms with Crippen molar-refractivity contribution in [1.82, 2.24) is 0 Å². The first-order chi connectivity index (χ1) is 13.3. The normalized spacial score (nSPS) is 13.6. The molecule has 150 valence electrons. The maximum absolute atomic E-state index is 10.7. The quantitative estimate of drug-likeness (QED) is 0.377. The lowest BCUT2D eigenvalue weighted by molar-refractivity contribution is -0.137. The van der Waals surface area contributed by atoms with Gasteiger partial charge in [0.2, 0.25) is 0 Å². The highest BCUT2D eigenvalue weighted by Gasteiger charge is 2.50. The van der Waals surface area contributed by atoms with Gasteiger partial charge >= 0.3 is 5.97 Å². The van der Waals surface area contributed by atoms with E-state index in [-0.39, 0.29) is 17.6 Å². The van der Waals surface area contributed by atoms with E-state index in [1.165, 1.54) is 10.4 Å². The van der Waals surface area contributed by atoms with Crippen LogP contribution in [0.1, 0.15) is 47.0 Å². The second kappa shape index (κ2) is 9.85. The van der Waals surface area contributed by atoms with Gasteiger partial charge in [0.05, 0.1) is 6.10 Å². The third-order valence-corrected chi connectivity index (χ3v) is 10.1. The predicted octanol–water partition coefficient (Wildman–Crippen LogP) is 4.76. The summed E-state index contributed by atoms with van der Waals surface area (Å²) in [4.78, 5) is 10.7. The highest BCUT2D eigenvalue weighted by molar-refractivity contribution is 6.99. The monoisotopic (exact) mass is 396 g/mol. The van der Waals surface area contributed by atoms with E-state index in [0.29, 0.717) is 6.42 Å². The molecule has 0 aliphatic rings. The van der Waals surface area contributed by atoms with Crippen LogP contribution in [-0.2, 0) is 9.22 Å². The number of carbonyl (C=O) groups is 1. The predicted molar refractivity (Wildman–Crippen MR) is 119 cm³/mol. The zero-order chi connectivity index (χ0) is 20.6. The van der Waals surface area contributed by atoms with Crippen molar-refractivity contribution in [2.24, 2.45) is 0 Å². The van der Waals surface area contributed by atoms with Crippen LogP contribution in [0.3, 0.4) is 0 Å². The Bertz CT molecular complexity index is 724. The van der Waals surface area contributed by atoms with Crippen LogP contribution in [0.15, 0.2) is 72.8 Å². The first-order valence-electron chi connectivity index (χ1n) is 9.94. The molecule has 2 aromatic carbocycles. The topological polar surface area (TPSA) is 46.5 Å². The number of carboxylic acids is 1. The molecule has 28 heavy (non-hydrogen) atoms. The molecule has 3 nitrogen and oxygen atoms in total. The minimum absolute atomic E-state index is 0.0545. The zero-order valence-electron chi connectivity index (χ0n) is 17.4. The van der Waals surface area contributed by atoms with E-state index in [1.807, 2.05) is 18.2 Å². The summed E-state index contributed by atoms with van der Waals surface area (Å²) in [5, 5.41) is 11.2. The summed E-state index contributed by atoms with van der Waals surface area (Å²) in [5.41, 5.74) is 0. The summed E-state index contributed by atoms with van der Waals surface area (Å²) in [6.45, 7) is 8.88. The average Bonchev–Trinajstić information content (AvgIpc) is 2.66. The molecule has 0 spiro atoms. The number of allylic oxidation sites excluding steroid dienone is 1. The SMILES string of the molecule is C[C@@H](C=CCCCC(=O)O)O[Si](c1ccccc1)(c1ccccc1)C(C)(C)C. The van der Waals surface area contributed by atoms with Gasteiger partial charge in [0.15, 0.2) is 0 Å². The second-order valence-electron chi connectivity index (χ2n) is 8.20. The molecule has 0 radical (unpaired) electrons. The van der Waals surface area contributed by atoms with Gasteiger partial charge < -0.3 is 9.53 Å². The van der Waals surface area contributed by atoms with E-state index in [1.54, 1.807) is 0 Å². The van der Waals surface area contributed by atoms with E-state index in [2.05, 4.69) is 82.3 Å². The fraction of sp³-hybridized carbons (Fsp3) is 0.375. The maximum Gasteiger partial charge on any atom is 0.303 e. The van der Waals surface area contributed by atoms with Crippen molar-refractivity contribution in [3.8, 4) is 0 Å². The van der Waals surface area contributed by atoms with Gasteiger partial charge in [-0.05, 0) is 35.2 Å². The van der Waals surface area contributed by atoms with Gasteiger partial charge in [-0.2, -0.15) is 0 Å². The number of rotatable bonds is 9. The number of benzene rings is 2. The Morgan fingerprint density at radius 1 is 1.04 bits per heavy atom. The van der Waals surface area contributed by atoms with Crippen LogP contribution in [0.4, 0.5) is 0 Å². The maximum atomic E-state index is 10.7. The summed E-state index contributed by atoms with van der Waals surface area (Å²) in [6.07, 6.45) is 5.66. The molecular formula is C24H32O3Si. The van der Waals surface area contributed by atoms with Gasteiger partial charge in [-0.1, -0.05) is 93.6 Å². The molecule has 0 fully saturated rings. The minimum Gasteiger partial charge on any atom is -0.481 e. The Kier molecular flexibility index (Phi) is 7.78. The largest absolute Gasteiger partial charge is 0.481 e. The molecule has 0 bridgehead atoms. The number of hydrogen-bond donors (Lipinski definition) is 1. The van der Waals surface area contributed by atoms with Crippen LogP contribution in [0, 0.1) is 0 Å². The molecule has 0 unspecified atom stereocenters. The van der Waals surface area contributed by atoms with E-state index < -0.39 is 14.3 Å². The fourth-order valence-corrected chi connectivity index (χ4v) is 8.32. The lowest BCUT2D eigenvalue weighted by Gasteiger charge is -2.44. The number of aliphatic carboxylic acids is 1. The molecule has 0 saturated carbocycles. The summed E-state index contributed by atoms with van der Waals surface area (Å²) in [5.74, 6) is -0.745. The Morgan fingerprint density at radius 2 is 1.54 bits per heavy atom. The highest BCUT2D eigenvalue weighted by Crippen LogP contribution is 2.37. The number of unbranched alkanes of at least 4 members (excludes halogenated alkanes) is 1. The van der Waals surface area contributed by atoms with Crippen LogP contribution >= 0.6 is 0 Å². The lowest BCUT2D eigenvalue weighted by atomic mass is 10.2. The Labute approximate surface area is 170 Å². The van der Waals surface area contributed by atoms with Gasteiger partial charge in [0.25, 0.3) is 8.32 Å². The summed E-state index contributed by atoms with van der Waals surface area (Å²) >= 11 is 0. The van der Waals surface area contributed by atoms with Crippen LogP contribution < -0.4 is 10.4 Å². The Hall–Kier alpha value is -2.17. The molecule has 0 amide bonds. The van der Waals surface area contributed by atoms with Crippen LogP contribution in [0.25, 0.3) is 0 Å². The lowest BCUT2D eigenvalue weighted by Crippen LogP contribution is -2.67. The minimum atomic E-state index is -2.54. The van der Waals surface area contributed by atoms with Crippen molar-refractivity contribution in [2.45, 2.75) is 58.1 Å². The molecular weight excluding hydrogens is 364 g/mol. The van der Waals surface area contributed by atoms with Crippen molar-refractivity contribution in [2.75, 3.05) is 0 Å². The van der Waals surface area contributed by atoms with Gasteiger partial charge in [0.1, 0.15) is 0 Å². The van der Waals surface area contributed by atoms with Gasteiger partial charge in [-0.3, -0.25) is 4.79 Å². The van der Waals surface area contributed by atoms with Crippen molar-refractivity contribution in [3.05, 3.63) is 72.8 Å². The van der Waals surface area contributed by atoms with Crippen molar-refractivity contribution < 1.29 is 14.3 Å². The fourth-order valence-electron chi connectivity index (χ4n) is 3.67. The third kappa shape index (κ3) is 5.43. The third-order valence-electron chi connectivity index (χ3n) is 4.95. The molecule has 0 saturated heterocycles. The van der Waals surface area contributed by atoms with Crippen LogP contribution in [0.2, 0.25) is 5.04 Å². The summed E-state index contributed by atoms with van der Waals surface area (Å²) < 4.78 is 6.94. The molecule has 1 N–H and O–H groups in total. The van der Waals surface area contributed by atoms with Crippen LogP contribution in [0.5, 0.6) is 0 Å². The summed E-state index contributed by atoms with van der Waals surface area (Å²) in [6, 6.07) is 21.2. The van der Waals surface area contributed by atoms with Gasteiger partial charge in [-0.25, -0.2) is 0 Å². The van der Waals surface area contributed by atoms with Crippen molar-refractivity contribution in [1.29, 1.82) is 0 Å². The summed E-state index contributed by atoms with van der Waals surface area (Å²) in [7, 11) is -2.54. The van der Waals surface area contributed by atoms with Crippen LogP contribution in [-0.4, -0.2) is 25.5 Å². The van der Waals surface area contributed by atoms with E-state index in [0.717, 1.165) is 6.42 Å². The molecule has 4 heteroatoms. The smallest absolute Gasteiger partial charge is 0.303 e. The zero-order valence-corrected chi connectivity index (χ0v) is 18.4. The molecule has 1 atom stereocenters. The Morgan fingerprint density at radius 3 is 1.96 bits per heavy atom. The molecule has 0 aliphatic heterocycles. The van der Waals surface area contributed by atoms with Gasteiger partial charge in [-0.15, -0.1) is 0 Å². The van der Waals surface area contributed by atoms with Gasteiger partial charge in [0, 0.05) is 6.42 Å². The molecule has 0 heterocycles. The second-order valence-corrected chi connectivity index (χ2v) is 12.5. The molecule has 0 aliphatic carbocycles. The first kappa shape index (κ1) is 22.1. The standard InChI is InChI=1S/C24H32O3Si/c1-20(14-8-5-13-19-23(25)26)27-28(24(2,3)4,21-15-9-6-10-16-21)22-17-11-7-12-18-22/h6-12,14-18,20H,5,13,19H2,1-4H3,(H,25,26)/t20-/m0/s1. The molecule has 2 aromatic rings. The number of carboxylic acid groups (broad SMARTS) is 1.